The maximum Gasteiger partial charge on any atom is 0.161 e. The molecule has 5 nitrogen and oxygen atoms in total. The summed E-state index contributed by atoms with van der Waals surface area (Å²) < 4.78 is 11.0. The third kappa shape index (κ3) is 4.74. The van der Waals surface area contributed by atoms with E-state index in [-0.39, 0.29) is 25.1 Å². The van der Waals surface area contributed by atoms with E-state index in [1.54, 1.807) is 7.11 Å². The highest BCUT2D eigenvalue weighted by molar-refractivity contribution is 5.85. The number of piperazine rings is 1. The topological polar surface area (TPSA) is 54.0 Å². The summed E-state index contributed by atoms with van der Waals surface area (Å²) in [5, 5.41) is 12.8. The van der Waals surface area contributed by atoms with Gasteiger partial charge in [-0.1, -0.05) is 6.07 Å². The van der Waals surface area contributed by atoms with Crippen LogP contribution in [0.25, 0.3) is 0 Å². The van der Waals surface area contributed by atoms with E-state index in [0.29, 0.717) is 6.61 Å². The summed E-state index contributed by atoms with van der Waals surface area (Å²) in [5.41, 5.74) is 1.18. The molecule has 2 N–H and O–H groups in total. The average molecular weight is 331 g/mol. The van der Waals surface area contributed by atoms with Gasteiger partial charge in [0.25, 0.3) is 0 Å². The van der Waals surface area contributed by atoms with Gasteiger partial charge in [-0.15, -0.1) is 12.4 Å². The molecule has 1 heterocycles. The zero-order valence-electron chi connectivity index (χ0n) is 13.4. The lowest BCUT2D eigenvalue weighted by Crippen LogP contribution is -2.45. The third-order valence-electron chi connectivity index (χ3n) is 3.87. The molecule has 6 heteroatoms. The molecular weight excluding hydrogens is 304 g/mol. The van der Waals surface area contributed by atoms with Gasteiger partial charge >= 0.3 is 0 Å². The zero-order chi connectivity index (χ0) is 15.1. The zero-order valence-corrected chi connectivity index (χ0v) is 14.2. The molecule has 0 aromatic heterocycles. The van der Waals surface area contributed by atoms with Crippen molar-refractivity contribution in [2.75, 3.05) is 46.5 Å². The SMILES string of the molecule is CCOc1cc([C@H](CCO)N2CCNCC2)ccc1OC.Cl. The lowest BCUT2D eigenvalue weighted by molar-refractivity contribution is 0.141. The fourth-order valence-electron chi connectivity index (χ4n) is 2.85. The number of ether oxygens (including phenoxy) is 2. The minimum absolute atomic E-state index is 0. The molecule has 0 amide bonds. The van der Waals surface area contributed by atoms with E-state index in [1.165, 1.54) is 5.56 Å². The number of halogens is 1. The fraction of sp³-hybridized carbons (Fsp3) is 0.625. The summed E-state index contributed by atoms with van der Waals surface area (Å²) in [6.07, 6.45) is 0.734. The predicted molar refractivity (Wildman–Crippen MR) is 90.3 cm³/mol. The van der Waals surface area contributed by atoms with E-state index in [2.05, 4.69) is 16.3 Å². The Balaban J connectivity index is 0.00000242. The van der Waals surface area contributed by atoms with E-state index in [4.69, 9.17) is 9.47 Å². The number of benzene rings is 1. The number of aliphatic hydroxyl groups is 1. The largest absolute Gasteiger partial charge is 0.493 e. The standard InChI is InChI=1S/C16H26N2O3.ClH/c1-3-21-16-12-13(4-5-15(16)20-2)14(6-11-19)18-9-7-17-8-10-18;/h4-5,12,14,17,19H,3,6-11H2,1-2H3;1H/t14-;/m0./s1. The minimum atomic E-state index is 0. The number of methoxy groups -OCH3 is 1. The number of nitrogens with zero attached hydrogens (tertiary/aromatic N) is 1. The summed E-state index contributed by atoms with van der Waals surface area (Å²) in [7, 11) is 1.65. The van der Waals surface area contributed by atoms with Crippen LogP contribution in [0, 0.1) is 0 Å². The first kappa shape index (κ1) is 19.0. The van der Waals surface area contributed by atoms with Crippen molar-refractivity contribution in [3.63, 3.8) is 0 Å². The molecule has 0 spiro atoms. The normalized spacial score (nSPS) is 16.7. The predicted octanol–water partition coefficient (Wildman–Crippen LogP) is 1.84. The molecule has 0 aliphatic carbocycles. The van der Waals surface area contributed by atoms with Crippen LogP contribution < -0.4 is 14.8 Å². The highest BCUT2D eigenvalue weighted by Gasteiger charge is 2.22. The molecule has 0 radical (unpaired) electrons. The Morgan fingerprint density at radius 3 is 2.59 bits per heavy atom. The van der Waals surface area contributed by atoms with Gasteiger partial charge in [0.15, 0.2) is 11.5 Å². The van der Waals surface area contributed by atoms with E-state index in [0.717, 1.165) is 44.1 Å². The van der Waals surface area contributed by atoms with Crippen molar-refractivity contribution in [3.8, 4) is 11.5 Å². The van der Waals surface area contributed by atoms with Crippen LogP contribution in [0.5, 0.6) is 11.5 Å². The van der Waals surface area contributed by atoms with Gasteiger partial charge in [-0.25, -0.2) is 0 Å². The second kappa shape index (κ2) is 9.90. The summed E-state index contributed by atoms with van der Waals surface area (Å²) in [4.78, 5) is 2.42. The number of hydrogen-bond donors (Lipinski definition) is 2. The van der Waals surface area contributed by atoms with Crippen LogP contribution in [0.1, 0.15) is 24.9 Å². The first-order valence-corrected chi connectivity index (χ1v) is 7.66. The lowest BCUT2D eigenvalue weighted by atomic mass is 10.0. The van der Waals surface area contributed by atoms with Crippen molar-refractivity contribution >= 4 is 12.4 Å². The van der Waals surface area contributed by atoms with Crippen molar-refractivity contribution in [1.82, 2.24) is 10.2 Å². The fourth-order valence-corrected chi connectivity index (χ4v) is 2.85. The van der Waals surface area contributed by atoms with Crippen LogP contribution in [0.15, 0.2) is 18.2 Å². The first-order valence-electron chi connectivity index (χ1n) is 7.66. The molecular formula is C16H27ClN2O3. The molecule has 2 rings (SSSR count). The molecule has 1 aromatic carbocycles. The maximum absolute atomic E-state index is 9.40. The van der Waals surface area contributed by atoms with E-state index in [9.17, 15) is 5.11 Å². The monoisotopic (exact) mass is 330 g/mol. The Labute approximate surface area is 139 Å². The average Bonchev–Trinajstić information content (AvgIpc) is 2.54. The molecule has 1 aliphatic heterocycles. The van der Waals surface area contributed by atoms with E-state index in [1.807, 2.05) is 19.1 Å². The quantitative estimate of drug-likeness (QED) is 0.799. The highest BCUT2D eigenvalue weighted by Crippen LogP contribution is 2.33. The van der Waals surface area contributed by atoms with Crippen LogP contribution in [0.4, 0.5) is 0 Å². The van der Waals surface area contributed by atoms with Gasteiger partial charge < -0.3 is 19.9 Å². The Morgan fingerprint density at radius 1 is 1.27 bits per heavy atom. The lowest BCUT2D eigenvalue weighted by Gasteiger charge is -2.35. The van der Waals surface area contributed by atoms with E-state index >= 15 is 0 Å². The molecule has 1 fully saturated rings. The molecule has 1 aromatic rings. The van der Waals surface area contributed by atoms with Crippen LogP contribution in [0.3, 0.4) is 0 Å². The van der Waals surface area contributed by atoms with Gasteiger partial charge in [0, 0.05) is 38.8 Å². The van der Waals surface area contributed by atoms with Gasteiger partial charge in [-0.3, -0.25) is 4.90 Å². The highest BCUT2D eigenvalue weighted by atomic mass is 35.5. The first-order chi connectivity index (χ1) is 10.3. The van der Waals surface area contributed by atoms with Crippen molar-refractivity contribution in [2.24, 2.45) is 0 Å². The molecule has 1 aliphatic rings. The number of aliphatic hydroxyl groups excluding tert-OH is 1. The molecule has 0 bridgehead atoms. The third-order valence-corrected chi connectivity index (χ3v) is 3.87. The summed E-state index contributed by atoms with van der Waals surface area (Å²) in [6, 6.07) is 6.30. The minimum Gasteiger partial charge on any atom is -0.493 e. The van der Waals surface area contributed by atoms with Crippen molar-refractivity contribution in [1.29, 1.82) is 0 Å². The smallest absolute Gasteiger partial charge is 0.161 e. The molecule has 0 unspecified atom stereocenters. The van der Waals surface area contributed by atoms with Crippen LogP contribution in [0.2, 0.25) is 0 Å². The van der Waals surface area contributed by atoms with Crippen molar-refractivity contribution in [3.05, 3.63) is 23.8 Å². The molecule has 22 heavy (non-hydrogen) atoms. The van der Waals surface area contributed by atoms with Crippen LogP contribution in [-0.2, 0) is 0 Å². The number of nitrogens with one attached hydrogen (secondary N) is 1. The van der Waals surface area contributed by atoms with Gasteiger partial charge in [-0.2, -0.15) is 0 Å². The Morgan fingerprint density at radius 2 is 2.00 bits per heavy atom. The molecule has 126 valence electrons. The van der Waals surface area contributed by atoms with Crippen LogP contribution >= 0.6 is 12.4 Å². The number of rotatable bonds is 7. The van der Waals surface area contributed by atoms with Crippen molar-refractivity contribution < 1.29 is 14.6 Å². The molecule has 0 saturated carbocycles. The Hall–Kier alpha value is -1.01. The van der Waals surface area contributed by atoms with Gasteiger partial charge in [-0.05, 0) is 31.0 Å². The summed E-state index contributed by atoms with van der Waals surface area (Å²) in [6.45, 7) is 6.75. The van der Waals surface area contributed by atoms with Crippen LogP contribution in [-0.4, -0.2) is 56.5 Å². The van der Waals surface area contributed by atoms with Gasteiger partial charge in [0.1, 0.15) is 0 Å². The van der Waals surface area contributed by atoms with Gasteiger partial charge in [0.2, 0.25) is 0 Å². The van der Waals surface area contributed by atoms with Gasteiger partial charge in [0.05, 0.1) is 13.7 Å². The number of hydrogen-bond acceptors (Lipinski definition) is 5. The second-order valence-corrected chi connectivity index (χ2v) is 5.16. The van der Waals surface area contributed by atoms with E-state index < -0.39 is 0 Å². The Bertz CT molecular complexity index is 439. The second-order valence-electron chi connectivity index (χ2n) is 5.16. The van der Waals surface area contributed by atoms with Crippen molar-refractivity contribution in [2.45, 2.75) is 19.4 Å². The maximum atomic E-state index is 9.40. The molecule has 1 saturated heterocycles. The summed E-state index contributed by atoms with van der Waals surface area (Å²) in [5.74, 6) is 1.53. The molecule has 1 atom stereocenters. The Kier molecular flexibility index (Phi) is 8.56. The summed E-state index contributed by atoms with van der Waals surface area (Å²) >= 11 is 0.